The maximum Gasteiger partial charge on any atom is 0.458 e. The van der Waals surface area contributed by atoms with E-state index in [1.807, 2.05) is 0 Å². The summed E-state index contributed by atoms with van der Waals surface area (Å²) in [7, 11) is 0. The molecule has 0 fully saturated rings. The number of carbonyl (C=O) groups excluding carboxylic acids is 1. The quantitative estimate of drug-likeness (QED) is 0.834. The normalized spacial score (nSPS) is 21.3. The first-order chi connectivity index (χ1) is 11.4. The fourth-order valence-electron chi connectivity index (χ4n) is 2.37. The van der Waals surface area contributed by atoms with Gasteiger partial charge >= 0.3 is 12.1 Å². The molecule has 0 aromatic heterocycles. The van der Waals surface area contributed by atoms with Gasteiger partial charge in [-0.1, -0.05) is 18.2 Å². The number of alkyl halides is 5. The molecule has 1 atom stereocenters. The number of hydrazone groups is 1. The number of nitrogens with zero attached hydrogens (tertiary/aromatic N) is 2. The molecule has 1 aromatic carbocycles. The smallest absolute Gasteiger partial charge is 0.458 e. The van der Waals surface area contributed by atoms with Gasteiger partial charge in [0, 0.05) is 12.1 Å². The Bertz CT molecular complexity index is 705. The van der Waals surface area contributed by atoms with Gasteiger partial charge in [0.25, 0.3) is 5.91 Å². The Labute approximate surface area is 139 Å². The minimum absolute atomic E-state index is 0.240. The number of hydrogen-bond acceptors (Lipinski definition) is 4. The van der Waals surface area contributed by atoms with Crippen LogP contribution in [-0.2, 0) is 4.79 Å². The molecule has 2 rings (SSSR count). The van der Waals surface area contributed by atoms with Gasteiger partial charge in [0.05, 0.1) is 0 Å². The Kier molecular flexibility index (Phi) is 4.77. The highest BCUT2D eigenvalue weighted by molar-refractivity contribution is 5.89. The number of rotatable bonds is 4. The fraction of sp³-hybridized carbons (Fsp3) is 0.467. The third-order valence-corrected chi connectivity index (χ3v) is 3.66. The lowest BCUT2D eigenvalue weighted by Gasteiger charge is -2.37. The number of carbonyl (C=O) groups is 1. The summed E-state index contributed by atoms with van der Waals surface area (Å²) in [5.41, 5.74) is -3.44. The van der Waals surface area contributed by atoms with E-state index in [-0.39, 0.29) is 16.5 Å². The standard InChI is InChI=1S/C15H15F5N2O3/c1-9-5-3-4-6-11(9)25-8-12(23)22-13(24,7-10(2)21-22)14(16,17)15(18,19)20/h3-6,24H,7-8H2,1-2H3. The van der Waals surface area contributed by atoms with Crippen LogP contribution >= 0.6 is 0 Å². The molecule has 25 heavy (non-hydrogen) atoms. The zero-order chi connectivity index (χ0) is 19.0. The van der Waals surface area contributed by atoms with Crippen LogP contribution < -0.4 is 4.74 Å². The number of para-hydroxylation sites is 1. The second-order valence-corrected chi connectivity index (χ2v) is 5.66. The van der Waals surface area contributed by atoms with E-state index in [9.17, 15) is 31.9 Å². The molecule has 0 aliphatic carbocycles. The summed E-state index contributed by atoms with van der Waals surface area (Å²) in [5.74, 6) is -6.65. The van der Waals surface area contributed by atoms with Crippen molar-refractivity contribution in [2.24, 2.45) is 5.10 Å². The lowest BCUT2D eigenvalue weighted by atomic mass is 9.99. The van der Waals surface area contributed by atoms with Crippen molar-refractivity contribution in [2.45, 2.75) is 38.1 Å². The van der Waals surface area contributed by atoms with Crippen LogP contribution in [0.15, 0.2) is 29.4 Å². The summed E-state index contributed by atoms with van der Waals surface area (Å²) in [6.07, 6.45) is -7.19. The zero-order valence-corrected chi connectivity index (χ0v) is 13.3. The van der Waals surface area contributed by atoms with E-state index in [1.54, 1.807) is 25.1 Å². The second-order valence-electron chi connectivity index (χ2n) is 5.66. The lowest BCUT2D eigenvalue weighted by Crippen LogP contribution is -2.64. The molecule has 0 radical (unpaired) electrons. The van der Waals surface area contributed by atoms with Gasteiger partial charge in [0.15, 0.2) is 6.61 Å². The predicted molar refractivity (Wildman–Crippen MR) is 77.2 cm³/mol. The topological polar surface area (TPSA) is 62.1 Å². The van der Waals surface area contributed by atoms with Crippen LogP contribution in [0.1, 0.15) is 18.9 Å². The van der Waals surface area contributed by atoms with Crippen LogP contribution in [0.3, 0.4) is 0 Å². The SMILES string of the molecule is CC1=NN(C(=O)COc2ccccc2C)C(O)(C(F)(F)C(F)(F)F)C1. The van der Waals surface area contributed by atoms with E-state index in [4.69, 9.17) is 4.74 Å². The molecule has 0 saturated carbocycles. The first-order valence-electron chi connectivity index (χ1n) is 7.12. The molecule has 1 amide bonds. The Hall–Kier alpha value is -2.23. The molecule has 138 valence electrons. The van der Waals surface area contributed by atoms with Crippen LogP contribution in [-0.4, -0.2) is 46.2 Å². The van der Waals surface area contributed by atoms with Crippen molar-refractivity contribution in [3.05, 3.63) is 29.8 Å². The summed E-state index contributed by atoms with van der Waals surface area (Å²) in [6.45, 7) is 1.93. The lowest BCUT2D eigenvalue weighted by molar-refractivity contribution is -0.363. The van der Waals surface area contributed by atoms with Gasteiger partial charge < -0.3 is 9.84 Å². The van der Waals surface area contributed by atoms with E-state index in [0.717, 1.165) is 6.92 Å². The Morgan fingerprint density at radius 2 is 1.88 bits per heavy atom. The highest BCUT2D eigenvalue weighted by Gasteiger charge is 2.74. The molecule has 1 N–H and O–H groups in total. The van der Waals surface area contributed by atoms with Crippen molar-refractivity contribution >= 4 is 11.6 Å². The van der Waals surface area contributed by atoms with Crippen molar-refractivity contribution in [2.75, 3.05) is 6.61 Å². The second kappa shape index (κ2) is 6.25. The molecule has 1 aliphatic rings. The third kappa shape index (κ3) is 3.30. The summed E-state index contributed by atoms with van der Waals surface area (Å²) >= 11 is 0. The number of benzene rings is 1. The third-order valence-electron chi connectivity index (χ3n) is 3.66. The summed E-state index contributed by atoms with van der Waals surface area (Å²) in [5, 5.41) is 13.1. The molecule has 1 aromatic rings. The van der Waals surface area contributed by atoms with Crippen LogP contribution in [0.4, 0.5) is 22.0 Å². The van der Waals surface area contributed by atoms with Crippen molar-refractivity contribution in [3.8, 4) is 5.75 Å². The first kappa shape index (κ1) is 19.1. The molecule has 1 unspecified atom stereocenters. The predicted octanol–water partition coefficient (Wildman–Crippen LogP) is 2.87. The van der Waals surface area contributed by atoms with E-state index in [0.29, 0.717) is 5.56 Å². The maximum atomic E-state index is 13.7. The molecule has 1 heterocycles. The number of halogens is 5. The molecule has 0 spiro atoms. The van der Waals surface area contributed by atoms with Crippen LogP contribution in [0.25, 0.3) is 0 Å². The molecular formula is C15H15F5N2O3. The van der Waals surface area contributed by atoms with Crippen molar-refractivity contribution in [3.63, 3.8) is 0 Å². The highest BCUT2D eigenvalue weighted by atomic mass is 19.4. The summed E-state index contributed by atoms with van der Waals surface area (Å²) in [4.78, 5) is 12.1. The minimum Gasteiger partial charge on any atom is -0.483 e. The average Bonchev–Trinajstić information content (AvgIpc) is 2.81. The number of ether oxygens (including phenoxy) is 1. The van der Waals surface area contributed by atoms with Gasteiger partial charge in [-0.25, -0.2) is 0 Å². The van der Waals surface area contributed by atoms with Gasteiger partial charge in [-0.2, -0.15) is 32.1 Å². The van der Waals surface area contributed by atoms with Gasteiger partial charge in [-0.05, 0) is 25.5 Å². The Morgan fingerprint density at radius 3 is 2.44 bits per heavy atom. The molecule has 10 heteroatoms. The van der Waals surface area contributed by atoms with E-state index in [1.165, 1.54) is 6.07 Å². The number of hydrogen-bond donors (Lipinski definition) is 1. The Morgan fingerprint density at radius 1 is 1.28 bits per heavy atom. The van der Waals surface area contributed by atoms with Crippen molar-refractivity contribution < 1.29 is 36.6 Å². The fourth-order valence-corrected chi connectivity index (χ4v) is 2.37. The maximum absolute atomic E-state index is 13.7. The van der Waals surface area contributed by atoms with Gasteiger partial charge in [0.2, 0.25) is 5.72 Å². The van der Waals surface area contributed by atoms with Gasteiger partial charge in [-0.15, -0.1) is 0 Å². The Balaban J connectivity index is 2.23. The van der Waals surface area contributed by atoms with Crippen LogP contribution in [0.5, 0.6) is 5.75 Å². The zero-order valence-electron chi connectivity index (χ0n) is 13.3. The highest BCUT2D eigenvalue weighted by Crippen LogP contribution is 2.48. The van der Waals surface area contributed by atoms with E-state index >= 15 is 0 Å². The first-order valence-corrected chi connectivity index (χ1v) is 7.12. The largest absolute Gasteiger partial charge is 0.483 e. The van der Waals surface area contributed by atoms with Gasteiger partial charge in [0.1, 0.15) is 5.75 Å². The van der Waals surface area contributed by atoms with Crippen LogP contribution in [0, 0.1) is 6.92 Å². The molecule has 5 nitrogen and oxygen atoms in total. The van der Waals surface area contributed by atoms with E-state index in [2.05, 4.69) is 5.10 Å². The number of amides is 1. The minimum atomic E-state index is -6.06. The van der Waals surface area contributed by atoms with Gasteiger partial charge in [-0.3, -0.25) is 4.79 Å². The van der Waals surface area contributed by atoms with E-state index < -0.39 is 36.8 Å². The van der Waals surface area contributed by atoms with Crippen molar-refractivity contribution in [1.29, 1.82) is 0 Å². The monoisotopic (exact) mass is 366 g/mol. The molecular weight excluding hydrogens is 351 g/mol. The summed E-state index contributed by atoms with van der Waals surface area (Å²) in [6, 6.07) is 6.45. The molecule has 1 aliphatic heterocycles. The van der Waals surface area contributed by atoms with Crippen molar-refractivity contribution in [1.82, 2.24) is 5.01 Å². The summed E-state index contributed by atoms with van der Waals surface area (Å²) < 4.78 is 70.6. The number of aryl methyl sites for hydroxylation is 1. The average molecular weight is 366 g/mol. The molecule has 0 bridgehead atoms. The van der Waals surface area contributed by atoms with Crippen LogP contribution in [0.2, 0.25) is 0 Å². The number of aliphatic hydroxyl groups is 1. The molecule has 0 saturated heterocycles.